The molecule has 0 fully saturated rings. The maximum absolute atomic E-state index is 12.9. The number of hydrogen-bond donors (Lipinski definition) is 4. The number of allylic oxidation sites excluding steroid dienone is 26. The van der Waals surface area contributed by atoms with Crippen molar-refractivity contribution in [1.29, 1.82) is 0 Å². The zero-order valence-corrected chi connectivity index (χ0v) is 60.3. The van der Waals surface area contributed by atoms with E-state index in [4.69, 9.17) is 32.3 Å². The highest BCUT2D eigenvalue weighted by molar-refractivity contribution is 7.47. The molecule has 95 heavy (non-hydrogen) atoms. The van der Waals surface area contributed by atoms with Crippen molar-refractivity contribution >= 4 is 33.6 Å². The van der Waals surface area contributed by atoms with Crippen molar-refractivity contribution in [3.8, 4) is 0 Å². The molecular formula is C77H126O16P2. The van der Waals surface area contributed by atoms with Crippen molar-refractivity contribution in [3.05, 3.63) is 158 Å². The standard InChI is InChI=1S/C77H126O16P2/c1-4-7-10-13-16-19-22-25-28-30-31-32-33-34-35-36-37-38-39-41-44-45-48-51-54-57-60-63-75(80)87-66-72(78)67-89-94(83,84)90-68-73(79)69-91-95(85,86)92-71-74(93-77(82)65-62-59-56-53-50-47-42-27-24-21-18-15-12-9-6-3)70-88-76(81)64-61-58-55-52-49-46-43-40-29-26-23-20-17-14-11-8-5-2/h7-8,10-11,16-21,25-29,31-32,34-35,37-38,42-43,46,52,55,72-74,78-79H,4-6,9,12-15,22-24,30,33,36,39-41,44-45,47-51,53-54,56-71H2,1-3H3,(H,83,84)(H,85,86)/b10-7-,11-8-,19-16-,20-17-,21-18-,28-25-,29-26-,32-31-,35-34-,38-37-,42-27-,46-43-,55-52-. The van der Waals surface area contributed by atoms with Crippen LogP contribution in [0.3, 0.4) is 0 Å². The van der Waals surface area contributed by atoms with Crippen LogP contribution in [0, 0.1) is 0 Å². The number of esters is 3. The highest BCUT2D eigenvalue weighted by Gasteiger charge is 2.29. The Balaban J connectivity index is 4.63. The number of ether oxygens (including phenoxy) is 3. The van der Waals surface area contributed by atoms with Crippen LogP contribution in [0.15, 0.2) is 158 Å². The Bertz CT molecular complexity index is 2360. The molecule has 0 bridgehead atoms. The van der Waals surface area contributed by atoms with Crippen molar-refractivity contribution in [2.75, 3.05) is 39.6 Å². The zero-order valence-electron chi connectivity index (χ0n) is 58.5. The van der Waals surface area contributed by atoms with Crippen molar-refractivity contribution in [3.63, 3.8) is 0 Å². The molecule has 0 aliphatic carbocycles. The molecule has 5 atom stereocenters. The van der Waals surface area contributed by atoms with E-state index in [0.29, 0.717) is 25.7 Å². The van der Waals surface area contributed by atoms with E-state index in [-0.39, 0.29) is 19.3 Å². The summed E-state index contributed by atoms with van der Waals surface area (Å²) in [6, 6.07) is 0. The minimum atomic E-state index is -4.95. The third-order valence-electron chi connectivity index (χ3n) is 14.2. The molecule has 540 valence electrons. The number of aliphatic hydroxyl groups is 2. The minimum Gasteiger partial charge on any atom is -0.463 e. The van der Waals surface area contributed by atoms with E-state index >= 15 is 0 Å². The second-order valence-electron chi connectivity index (χ2n) is 23.3. The molecule has 0 amide bonds. The smallest absolute Gasteiger partial charge is 0.463 e. The first-order chi connectivity index (χ1) is 46.2. The van der Waals surface area contributed by atoms with Gasteiger partial charge in [-0.1, -0.05) is 249 Å². The van der Waals surface area contributed by atoms with Gasteiger partial charge in [-0.25, -0.2) is 9.13 Å². The topological polar surface area (TPSA) is 231 Å². The molecule has 0 spiro atoms. The number of unbranched alkanes of at least 4 members (excludes halogenated alkanes) is 17. The summed E-state index contributed by atoms with van der Waals surface area (Å²) >= 11 is 0. The third kappa shape index (κ3) is 70.3. The van der Waals surface area contributed by atoms with Crippen LogP contribution < -0.4 is 0 Å². The molecule has 4 N–H and O–H groups in total. The summed E-state index contributed by atoms with van der Waals surface area (Å²) in [7, 11) is -9.81. The van der Waals surface area contributed by atoms with Gasteiger partial charge < -0.3 is 34.2 Å². The van der Waals surface area contributed by atoms with E-state index < -0.39 is 91.5 Å². The molecule has 0 heterocycles. The lowest BCUT2D eigenvalue weighted by molar-refractivity contribution is -0.161. The van der Waals surface area contributed by atoms with Gasteiger partial charge in [0.25, 0.3) is 0 Å². The number of rotatable bonds is 66. The number of carbonyl (C=O) groups is 3. The number of hydrogen-bond acceptors (Lipinski definition) is 14. The lowest BCUT2D eigenvalue weighted by atomic mass is 10.1. The molecule has 0 saturated carbocycles. The SMILES string of the molecule is CC/C=C\C/C=C\C/C=C\C/C=C\C/C=C\C/C=C\CCCCCCCCCCC(=O)OCC(O)COP(=O)(O)OCC(O)COP(=O)(O)OCC(COC(=O)CCC/C=C\C/C=C\C/C=C\C/C=C\C/C=C\CC)OC(=O)CCCCCCC/C=C\C/C=C\CCCCC. The van der Waals surface area contributed by atoms with Gasteiger partial charge in [-0.05, 0) is 141 Å². The Morgan fingerprint density at radius 2 is 0.568 bits per heavy atom. The van der Waals surface area contributed by atoms with Crippen LogP contribution in [0.1, 0.15) is 252 Å². The maximum Gasteiger partial charge on any atom is 0.472 e. The van der Waals surface area contributed by atoms with Crippen LogP contribution in [0.5, 0.6) is 0 Å². The van der Waals surface area contributed by atoms with Gasteiger partial charge in [-0.2, -0.15) is 0 Å². The van der Waals surface area contributed by atoms with E-state index in [0.717, 1.165) is 148 Å². The van der Waals surface area contributed by atoms with Gasteiger partial charge in [-0.15, -0.1) is 0 Å². The van der Waals surface area contributed by atoms with Crippen LogP contribution in [0.25, 0.3) is 0 Å². The summed E-state index contributed by atoms with van der Waals surface area (Å²) in [6.45, 7) is 2.30. The fourth-order valence-electron chi connectivity index (χ4n) is 8.81. The number of carbonyl (C=O) groups excluding carboxylic acids is 3. The van der Waals surface area contributed by atoms with Gasteiger partial charge in [0.2, 0.25) is 0 Å². The molecule has 0 radical (unpaired) electrons. The first kappa shape index (κ1) is 90.2. The van der Waals surface area contributed by atoms with Crippen molar-refractivity contribution in [1.82, 2.24) is 0 Å². The van der Waals surface area contributed by atoms with E-state index in [1.165, 1.54) is 38.5 Å². The molecule has 0 rings (SSSR count). The minimum absolute atomic E-state index is 0.0713. The highest BCUT2D eigenvalue weighted by Crippen LogP contribution is 2.45. The Hall–Kier alpha value is -4.83. The molecule has 0 aromatic carbocycles. The molecule has 0 aliphatic heterocycles. The average molecular weight is 1370 g/mol. The predicted octanol–water partition coefficient (Wildman–Crippen LogP) is 20.3. The Morgan fingerprint density at radius 3 is 0.926 bits per heavy atom. The van der Waals surface area contributed by atoms with E-state index in [2.05, 4.69) is 167 Å². The molecule has 0 aliphatic rings. The summed E-state index contributed by atoms with van der Waals surface area (Å²) in [5.41, 5.74) is 0. The van der Waals surface area contributed by atoms with Crippen molar-refractivity contribution in [2.45, 2.75) is 270 Å². The van der Waals surface area contributed by atoms with E-state index in [1.54, 1.807) is 0 Å². The number of phosphoric ester groups is 2. The fourth-order valence-corrected chi connectivity index (χ4v) is 10.4. The first-order valence-electron chi connectivity index (χ1n) is 35.8. The summed E-state index contributed by atoms with van der Waals surface area (Å²) in [5, 5.41) is 20.6. The second kappa shape index (κ2) is 69.1. The van der Waals surface area contributed by atoms with E-state index in [1.807, 2.05) is 12.2 Å². The van der Waals surface area contributed by atoms with Crippen LogP contribution in [-0.2, 0) is 55.8 Å². The monoisotopic (exact) mass is 1370 g/mol. The number of phosphoric acid groups is 2. The lowest BCUT2D eigenvalue weighted by Gasteiger charge is -2.21. The van der Waals surface area contributed by atoms with Gasteiger partial charge in [-0.3, -0.25) is 32.5 Å². The maximum atomic E-state index is 12.9. The van der Waals surface area contributed by atoms with Crippen LogP contribution in [-0.4, -0.2) is 95.9 Å². The zero-order chi connectivity index (χ0) is 69.5. The van der Waals surface area contributed by atoms with Gasteiger partial charge in [0.05, 0.1) is 26.4 Å². The van der Waals surface area contributed by atoms with Crippen LogP contribution in [0.4, 0.5) is 0 Å². The summed E-state index contributed by atoms with van der Waals surface area (Å²) < 4.78 is 60.9. The van der Waals surface area contributed by atoms with Gasteiger partial charge in [0.1, 0.15) is 25.4 Å². The molecule has 16 nitrogen and oxygen atoms in total. The first-order valence-corrected chi connectivity index (χ1v) is 38.8. The Kier molecular flexibility index (Phi) is 65.6. The van der Waals surface area contributed by atoms with E-state index in [9.17, 15) is 43.5 Å². The normalized spacial score (nSPS) is 15.1. The lowest BCUT2D eigenvalue weighted by Crippen LogP contribution is -2.30. The fraction of sp³-hybridized carbons (Fsp3) is 0.623. The van der Waals surface area contributed by atoms with Crippen LogP contribution >= 0.6 is 15.6 Å². The quantitative estimate of drug-likeness (QED) is 0.0146. The van der Waals surface area contributed by atoms with Gasteiger partial charge in [0.15, 0.2) is 6.10 Å². The van der Waals surface area contributed by atoms with Gasteiger partial charge in [0, 0.05) is 19.3 Å². The summed E-state index contributed by atoms with van der Waals surface area (Å²) in [5.74, 6) is -1.68. The van der Waals surface area contributed by atoms with Crippen molar-refractivity contribution < 1.29 is 75.8 Å². The molecule has 18 heteroatoms. The second-order valence-corrected chi connectivity index (χ2v) is 26.2. The Labute approximate surface area is 574 Å². The van der Waals surface area contributed by atoms with Gasteiger partial charge >= 0.3 is 33.6 Å². The molecule has 5 unspecified atom stereocenters. The molecular weight excluding hydrogens is 1240 g/mol. The largest absolute Gasteiger partial charge is 0.472 e. The highest BCUT2D eigenvalue weighted by atomic mass is 31.2. The molecule has 0 aromatic heterocycles. The third-order valence-corrected chi connectivity index (χ3v) is 16.1. The molecule has 0 saturated heterocycles. The summed E-state index contributed by atoms with van der Waals surface area (Å²) in [4.78, 5) is 58.4. The average Bonchev–Trinajstić information content (AvgIpc) is 2.05. The molecule has 0 aromatic rings. The number of aliphatic hydroxyl groups excluding tert-OH is 2. The summed E-state index contributed by atoms with van der Waals surface area (Å²) in [6.07, 6.45) is 84.4. The predicted molar refractivity (Wildman–Crippen MR) is 389 cm³/mol. The Morgan fingerprint density at radius 1 is 0.305 bits per heavy atom. The van der Waals surface area contributed by atoms with Crippen molar-refractivity contribution in [2.24, 2.45) is 0 Å². The van der Waals surface area contributed by atoms with Crippen LogP contribution in [0.2, 0.25) is 0 Å².